The van der Waals surface area contributed by atoms with Gasteiger partial charge in [0, 0.05) is 6.54 Å². The number of carbonyl (C=O) groups is 1. The zero-order chi connectivity index (χ0) is 14.1. The minimum absolute atomic E-state index is 0.210. The third kappa shape index (κ3) is 5.54. The van der Waals surface area contributed by atoms with Crippen LogP contribution in [0.15, 0.2) is 30.3 Å². The van der Waals surface area contributed by atoms with E-state index in [1.165, 1.54) is 0 Å². The number of benzene rings is 1. The van der Waals surface area contributed by atoms with Gasteiger partial charge in [-0.05, 0) is 39.0 Å². The minimum atomic E-state index is -0.713. The first-order valence-corrected chi connectivity index (χ1v) is 6.52. The van der Waals surface area contributed by atoms with Crippen molar-refractivity contribution in [2.45, 2.75) is 18.8 Å². The molecule has 0 aliphatic rings. The van der Waals surface area contributed by atoms with Crippen LogP contribution < -0.4 is 5.32 Å². The van der Waals surface area contributed by atoms with Gasteiger partial charge in [-0.3, -0.25) is 4.79 Å². The zero-order valence-corrected chi connectivity index (χ0v) is 11.6. The van der Waals surface area contributed by atoms with E-state index in [1.54, 1.807) is 12.1 Å². The molecule has 1 unspecified atom stereocenters. The molecule has 0 saturated carbocycles. The highest BCUT2D eigenvalue weighted by atomic mass is 16.1. The quantitative estimate of drug-likeness (QED) is 0.759. The second-order valence-electron chi connectivity index (χ2n) is 4.77. The molecule has 19 heavy (non-hydrogen) atoms. The summed E-state index contributed by atoms with van der Waals surface area (Å²) in [4.78, 5) is 14.0. The summed E-state index contributed by atoms with van der Waals surface area (Å²) in [6.07, 6.45) is 1.96. The molecule has 0 fully saturated rings. The average Bonchev–Trinajstić information content (AvgIpc) is 2.40. The molecular weight excluding hydrogens is 238 g/mol. The maximum absolute atomic E-state index is 11.9. The fourth-order valence-electron chi connectivity index (χ4n) is 1.80. The van der Waals surface area contributed by atoms with Gasteiger partial charge in [-0.2, -0.15) is 5.26 Å². The first-order valence-electron chi connectivity index (χ1n) is 6.52. The molecule has 0 spiro atoms. The molecule has 1 aromatic carbocycles. The Kier molecular flexibility index (Phi) is 6.62. The third-order valence-corrected chi connectivity index (χ3v) is 2.86. The van der Waals surface area contributed by atoms with Crippen LogP contribution in [-0.4, -0.2) is 38.0 Å². The maximum Gasteiger partial charge on any atom is 0.241 e. The van der Waals surface area contributed by atoms with Gasteiger partial charge in [-0.15, -0.1) is 0 Å². The van der Waals surface area contributed by atoms with Gasteiger partial charge in [-0.25, -0.2) is 0 Å². The molecule has 1 rings (SSSR count). The van der Waals surface area contributed by atoms with Crippen molar-refractivity contribution < 1.29 is 4.79 Å². The van der Waals surface area contributed by atoms with Crippen molar-refractivity contribution in [1.82, 2.24) is 10.2 Å². The van der Waals surface area contributed by atoms with Crippen LogP contribution in [-0.2, 0) is 4.79 Å². The lowest BCUT2D eigenvalue weighted by atomic mass is 10.00. The number of nitrogens with one attached hydrogen (secondary N) is 1. The van der Waals surface area contributed by atoms with Gasteiger partial charge in [-0.1, -0.05) is 30.3 Å². The van der Waals surface area contributed by atoms with Crippen LogP contribution in [0.3, 0.4) is 0 Å². The van der Waals surface area contributed by atoms with Crippen molar-refractivity contribution in [1.29, 1.82) is 5.26 Å². The van der Waals surface area contributed by atoms with E-state index < -0.39 is 5.92 Å². The Morgan fingerprint density at radius 2 is 2.00 bits per heavy atom. The van der Waals surface area contributed by atoms with E-state index in [0.29, 0.717) is 6.54 Å². The number of hydrogen-bond donors (Lipinski definition) is 1. The molecule has 1 atom stereocenters. The van der Waals surface area contributed by atoms with Crippen molar-refractivity contribution in [3.05, 3.63) is 35.9 Å². The summed E-state index contributed by atoms with van der Waals surface area (Å²) < 4.78 is 0. The predicted molar refractivity (Wildman–Crippen MR) is 75.6 cm³/mol. The summed E-state index contributed by atoms with van der Waals surface area (Å²) in [7, 11) is 4.05. The lowest BCUT2D eigenvalue weighted by molar-refractivity contribution is -0.121. The van der Waals surface area contributed by atoms with E-state index in [9.17, 15) is 4.79 Å². The Morgan fingerprint density at radius 3 is 2.58 bits per heavy atom. The second-order valence-corrected chi connectivity index (χ2v) is 4.77. The highest BCUT2D eigenvalue weighted by Crippen LogP contribution is 2.14. The number of rotatable bonds is 7. The lowest BCUT2D eigenvalue weighted by Gasteiger charge is -2.11. The van der Waals surface area contributed by atoms with Crippen LogP contribution in [0.5, 0.6) is 0 Å². The summed E-state index contributed by atoms with van der Waals surface area (Å²) in [6.45, 7) is 1.63. The normalized spacial score (nSPS) is 11.9. The zero-order valence-electron chi connectivity index (χ0n) is 11.6. The van der Waals surface area contributed by atoms with Crippen LogP contribution >= 0.6 is 0 Å². The van der Waals surface area contributed by atoms with Crippen LogP contribution in [0.4, 0.5) is 0 Å². The van der Waals surface area contributed by atoms with Crippen molar-refractivity contribution in [2.75, 3.05) is 27.2 Å². The number of hydrogen-bond acceptors (Lipinski definition) is 3. The van der Waals surface area contributed by atoms with Crippen LogP contribution in [0, 0.1) is 11.3 Å². The van der Waals surface area contributed by atoms with Crippen LogP contribution in [0.25, 0.3) is 0 Å². The van der Waals surface area contributed by atoms with Gasteiger partial charge in [0.1, 0.15) is 5.92 Å². The van der Waals surface area contributed by atoms with Crippen molar-refractivity contribution >= 4 is 5.91 Å². The minimum Gasteiger partial charge on any atom is -0.355 e. The smallest absolute Gasteiger partial charge is 0.241 e. The first-order chi connectivity index (χ1) is 9.15. The lowest BCUT2D eigenvalue weighted by Crippen LogP contribution is -2.30. The average molecular weight is 259 g/mol. The van der Waals surface area contributed by atoms with Crippen molar-refractivity contribution in [2.24, 2.45) is 0 Å². The summed E-state index contributed by atoms with van der Waals surface area (Å²) in [5.41, 5.74) is 0.746. The van der Waals surface area contributed by atoms with Gasteiger partial charge in [0.2, 0.25) is 5.91 Å². The molecule has 0 heterocycles. The summed E-state index contributed by atoms with van der Waals surface area (Å²) in [5.74, 6) is -0.923. The van der Waals surface area contributed by atoms with E-state index in [1.807, 2.05) is 32.3 Å². The summed E-state index contributed by atoms with van der Waals surface area (Å²) in [5, 5.41) is 11.9. The van der Waals surface area contributed by atoms with Gasteiger partial charge in [0.15, 0.2) is 0 Å². The monoisotopic (exact) mass is 259 g/mol. The predicted octanol–water partition coefficient (Wildman–Crippen LogP) is 1.75. The number of nitriles is 1. The number of nitrogens with zero attached hydrogens (tertiary/aromatic N) is 2. The highest BCUT2D eigenvalue weighted by Gasteiger charge is 2.18. The van der Waals surface area contributed by atoms with E-state index >= 15 is 0 Å². The number of unbranched alkanes of at least 4 members (excludes halogenated alkanes) is 1. The molecule has 0 saturated heterocycles. The molecule has 0 aromatic heterocycles. The molecule has 4 nitrogen and oxygen atoms in total. The van der Waals surface area contributed by atoms with Crippen LogP contribution in [0.2, 0.25) is 0 Å². The Balaban J connectivity index is 2.38. The van der Waals surface area contributed by atoms with Crippen molar-refractivity contribution in [3.63, 3.8) is 0 Å². The Hall–Kier alpha value is -1.86. The maximum atomic E-state index is 11.9. The first kappa shape index (κ1) is 15.2. The molecule has 4 heteroatoms. The van der Waals surface area contributed by atoms with Crippen molar-refractivity contribution in [3.8, 4) is 6.07 Å². The Bertz CT molecular complexity index is 423. The largest absolute Gasteiger partial charge is 0.355 e. The number of carbonyl (C=O) groups excluding carboxylic acids is 1. The van der Waals surface area contributed by atoms with Gasteiger partial charge >= 0.3 is 0 Å². The Labute approximate surface area is 115 Å². The van der Waals surface area contributed by atoms with Gasteiger partial charge in [0.05, 0.1) is 6.07 Å². The van der Waals surface area contributed by atoms with Gasteiger partial charge < -0.3 is 10.2 Å². The molecule has 0 radical (unpaired) electrons. The number of amides is 1. The van der Waals surface area contributed by atoms with Crippen LogP contribution in [0.1, 0.15) is 24.3 Å². The molecular formula is C15H21N3O. The summed E-state index contributed by atoms with van der Waals surface area (Å²) in [6, 6.07) is 11.2. The molecule has 0 aliphatic carbocycles. The van der Waals surface area contributed by atoms with E-state index in [2.05, 4.69) is 16.3 Å². The van der Waals surface area contributed by atoms with E-state index in [-0.39, 0.29) is 5.91 Å². The fourth-order valence-corrected chi connectivity index (χ4v) is 1.80. The molecule has 1 N–H and O–H groups in total. The SMILES string of the molecule is CN(C)CCCCNC(=O)C(C#N)c1ccccc1. The highest BCUT2D eigenvalue weighted by molar-refractivity contribution is 5.86. The molecule has 1 aromatic rings. The van der Waals surface area contributed by atoms with Gasteiger partial charge in [0.25, 0.3) is 0 Å². The molecule has 0 bridgehead atoms. The van der Waals surface area contributed by atoms with E-state index in [4.69, 9.17) is 5.26 Å². The molecule has 102 valence electrons. The van der Waals surface area contributed by atoms with E-state index in [0.717, 1.165) is 24.9 Å². The Morgan fingerprint density at radius 1 is 1.32 bits per heavy atom. The molecule has 1 amide bonds. The topological polar surface area (TPSA) is 56.1 Å². The molecule has 0 aliphatic heterocycles. The fraction of sp³-hybridized carbons (Fsp3) is 0.467. The standard InChI is InChI=1S/C15H21N3O/c1-18(2)11-7-6-10-17-15(19)14(12-16)13-8-4-3-5-9-13/h3-5,8-9,14H,6-7,10-11H2,1-2H3,(H,17,19). The third-order valence-electron chi connectivity index (χ3n) is 2.86. The summed E-state index contributed by atoms with van der Waals surface area (Å²) >= 11 is 0. The second kappa shape index (κ2) is 8.28.